The summed E-state index contributed by atoms with van der Waals surface area (Å²) >= 11 is 0. The average molecular weight is 318 g/mol. The highest BCUT2D eigenvalue weighted by molar-refractivity contribution is 5.82. The van der Waals surface area contributed by atoms with Crippen molar-refractivity contribution in [3.63, 3.8) is 0 Å². The van der Waals surface area contributed by atoms with Gasteiger partial charge in [0.05, 0.1) is 29.2 Å². The molecular formula is C18H14N4O2. The Balaban J connectivity index is 1.85. The molecule has 0 amide bonds. The van der Waals surface area contributed by atoms with Gasteiger partial charge in [-0.15, -0.1) is 5.10 Å². The van der Waals surface area contributed by atoms with Crippen molar-refractivity contribution in [1.29, 1.82) is 0 Å². The van der Waals surface area contributed by atoms with Gasteiger partial charge in [-0.25, -0.2) is 4.68 Å². The van der Waals surface area contributed by atoms with Gasteiger partial charge in [-0.1, -0.05) is 11.3 Å². The SMILES string of the molecule is Cc1coc2cc(-c3nnn(-c4cccnc4)c3C)ccc2c1=O. The van der Waals surface area contributed by atoms with Gasteiger partial charge in [0.15, 0.2) is 5.43 Å². The minimum Gasteiger partial charge on any atom is -0.464 e. The molecule has 0 fully saturated rings. The van der Waals surface area contributed by atoms with Gasteiger partial charge in [0.25, 0.3) is 0 Å². The molecule has 0 aliphatic rings. The molecule has 0 N–H and O–H groups in total. The Bertz CT molecular complexity index is 1100. The smallest absolute Gasteiger partial charge is 0.195 e. The largest absolute Gasteiger partial charge is 0.464 e. The molecule has 4 rings (SSSR count). The van der Waals surface area contributed by atoms with Crippen LogP contribution in [0.1, 0.15) is 11.3 Å². The van der Waals surface area contributed by atoms with Gasteiger partial charge in [0, 0.05) is 17.3 Å². The van der Waals surface area contributed by atoms with E-state index < -0.39 is 0 Å². The third-order valence-corrected chi connectivity index (χ3v) is 4.01. The van der Waals surface area contributed by atoms with Crippen molar-refractivity contribution in [3.05, 3.63) is 70.5 Å². The molecule has 0 saturated carbocycles. The molecule has 24 heavy (non-hydrogen) atoms. The lowest BCUT2D eigenvalue weighted by Crippen LogP contribution is -2.04. The second-order valence-corrected chi connectivity index (χ2v) is 5.61. The first kappa shape index (κ1) is 14.3. The van der Waals surface area contributed by atoms with Crippen LogP contribution in [0.3, 0.4) is 0 Å². The van der Waals surface area contributed by atoms with Crippen molar-refractivity contribution in [3.8, 4) is 16.9 Å². The van der Waals surface area contributed by atoms with Gasteiger partial charge >= 0.3 is 0 Å². The summed E-state index contributed by atoms with van der Waals surface area (Å²) in [7, 11) is 0. The molecule has 0 unspecified atom stereocenters. The maximum Gasteiger partial charge on any atom is 0.195 e. The Morgan fingerprint density at radius 3 is 2.83 bits per heavy atom. The molecule has 0 bridgehead atoms. The molecule has 0 spiro atoms. The fraction of sp³-hybridized carbons (Fsp3) is 0.111. The fourth-order valence-electron chi connectivity index (χ4n) is 2.69. The molecule has 0 aliphatic carbocycles. The van der Waals surface area contributed by atoms with Crippen molar-refractivity contribution in [1.82, 2.24) is 20.0 Å². The van der Waals surface area contributed by atoms with Crippen LogP contribution in [0.15, 0.2) is 58.2 Å². The number of benzene rings is 1. The summed E-state index contributed by atoms with van der Waals surface area (Å²) in [4.78, 5) is 16.2. The summed E-state index contributed by atoms with van der Waals surface area (Å²) in [6.07, 6.45) is 4.92. The first-order valence-corrected chi connectivity index (χ1v) is 7.50. The fourth-order valence-corrected chi connectivity index (χ4v) is 2.69. The molecule has 6 nitrogen and oxygen atoms in total. The van der Waals surface area contributed by atoms with E-state index in [1.165, 1.54) is 6.26 Å². The van der Waals surface area contributed by atoms with E-state index in [0.717, 1.165) is 22.6 Å². The number of fused-ring (bicyclic) bond motifs is 1. The highest BCUT2D eigenvalue weighted by Gasteiger charge is 2.14. The van der Waals surface area contributed by atoms with Gasteiger partial charge in [-0.3, -0.25) is 9.78 Å². The topological polar surface area (TPSA) is 73.8 Å². The molecule has 118 valence electrons. The summed E-state index contributed by atoms with van der Waals surface area (Å²) in [5.74, 6) is 0. The molecule has 0 saturated heterocycles. The lowest BCUT2D eigenvalue weighted by molar-refractivity contribution is 0.597. The van der Waals surface area contributed by atoms with E-state index >= 15 is 0 Å². The number of hydrogen-bond donors (Lipinski definition) is 0. The van der Waals surface area contributed by atoms with Gasteiger partial charge in [0.2, 0.25) is 0 Å². The number of hydrogen-bond acceptors (Lipinski definition) is 5. The van der Waals surface area contributed by atoms with E-state index in [4.69, 9.17) is 4.42 Å². The van der Waals surface area contributed by atoms with E-state index in [0.29, 0.717) is 16.5 Å². The van der Waals surface area contributed by atoms with E-state index in [-0.39, 0.29) is 5.43 Å². The molecule has 1 aromatic carbocycles. The van der Waals surface area contributed by atoms with E-state index in [9.17, 15) is 4.79 Å². The zero-order chi connectivity index (χ0) is 16.7. The summed E-state index contributed by atoms with van der Waals surface area (Å²) in [6.45, 7) is 3.68. The van der Waals surface area contributed by atoms with Crippen LogP contribution in [0.5, 0.6) is 0 Å². The lowest BCUT2D eigenvalue weighted by Gasteiger charge is -2.04. The minimum absolute atomic E-state index is 0.0152. The van der Waals surface area contributed by atoms with Gasteiger partial charge in [0.1, 0.15) is 11.3 Å². The number of aryl methyl sites for hydroxylation is 1. The van der Waals surface area contributed by atoms with Crippen molar-refractivity contribution >= 4 is 11.0 Å². The Morgan fingerprint density at radius 1 is 1.17 bits per heavy atom. The van der Waals surface area contributed by atoms with Gasteiger partial charge in [-0.2, -0.15) is 0 Å². The van der Waals surface area contributed by atoms with Crippen LogP contribution in [0.2, 0.25) is 0 Å². The van der Waals surface area contributed by atoms with Crippen molar-refractivity contribution in [2.24, 2.45) is 0 Å². The average Bonchev–Trinajstić information content (AvgIpc) is 3.00. The molecule has 3 aromatic heterocycles. The second kappa shape index (κ2) is 5.42. The first-order chi connectivity index (χ1) is 11.6. The lowest BCUT2D eigenvalue weighted by atomic mass is 10.1. The molecule has 0 aliphatic heterocycles. The molecule has 6 heteroatoms. The normalized spacial score (nSPS) is 11.1. The van der Waals surface area contributed by atoms with Crippen LogP contribution < -0.4 is 5.43 Å². The molecule has 0 radical (unpaired) electrons. The summed E-state index contributed by atoms with van der Waals surface area (Å²) in [6, 6.07) is 9.22. The minimum atomic E-state index is -0.0152. The monoisotopic (exact) mass is 318 g/mol. The van der Waals surface area contributed by atoms with E-state index in [2.05, 4.69) is 15.3 Å². The Hall–Kier alpha value is -3.28. The zero-order valence-corrected chi connectivity index (χ0v) is 13.2. The first-order valence-electron chi connectivity index (χ1n) is 7.50. The molecule has 0 atom stereocenters. The van der Waals surface area contributed by atoms with Gasteiger partial charge < -0.3 is 4.42 Å². The third kappa shape index (κ3) is 2.20. The molecule has 4 aromatic rings. The van der Waals surface area contributed by atoms with Crippen molar-refractivity contribution in [2.45, 2.75) is 13.8 Å². The summed E-state index contributed by atoms with van der Waals surface area (Å²) < 4.78 is 7.29. The van der Waals surface area contributed by atoms with Crippen LogP contribution in [0.4, 0.5) is 0 Å². The van der Waals surface area contributed by atoms with Crippen molar-refractivity contribution in [2.75, 3.05) is 0 Å². The standard InChI is InChI=1S/C18H14N4O2/c1-11-10-24-16-8-13(5-6-15(16)18(11)23)17-12(2)22(21-20-17)14-4-3-7-19-9-14/h3-10H,1-2H3. The van der Waals surface area contributed by atoms with Crippen LogP contribution >= 0.6 is 0 Å². The zero-order valence-electron chi connectivity index (χ0n) is 13.2. The molecular weight excluding hydrogens is 304 g/mol. The number of aromatic nitrogens is 4. The van der Waals surface area contributed by atoms with E-state index in [1.54, 1.807) is 30.1 Å². The summed E-state index contributed by atoms with van der Waals surface area (Å²) in [5.41, 5.74) is 4.44. The third-order valence-electron chi connectivity index (χ3n) is 4.01. The maximum absolute atomic E-state index is 12.1. The Kier molecular flexibility index (Phi) is 3.23. The number of pyridine rings is 1. The predicted octanol–water partition coefficient (Wildman–Crippen LogP) is 3.05. The molecule has 3 heterocycles. The second-order valence-electron chi connectivity index (χ2n) is 5.61. The Morgan fingerprint density at radius 2 is 2.04 bits per heavy atom. The number of rotatable bonds is 2. The van der Waals surface area contributed by atoms with Crippen LogP contribution in [0.25, 0.3) is 27.9 Å². The highest BCUT2D eigenvalue weighted by atomic mass is 16.3. The van der Waals surface area contributed by atoms with Crippen LogP contribution in [-0.4, -0.2) is 20.0 Å². The van der Waals surface area contributed by atoms with Gasteiger partial charge in [-0.05, 0) is 38.1 Å². The quantitative estimate of drug-likeness (QED) is 0.568. The Labute approximate surface area is 137 Å². The predicted molar refractivity (Wildman–Crippen MR) is 90.1 cm³/mol. The van der Waals surface area contributed by atoms with Crippen LogP contribution in [0, 0.1) is 13.8 Å². The number of nitrogens with zero attached hydrogens (tertiary/aromatic N) is 4. The summed E-state index contributed by atoms with van der Waals surface area (Å²) in [5, 5.41) is 9.05. The van der Waals surface area contributed by atoms with E-state index in [1.807, 2.05) is 31.2 Å². The highest BCUT2D eigenvalue weighted by Crippen LogP contribution is 2.25. The maximum atomic E-state index is 12.1. The van der Waals surface area contributed by atoms with Crippen molar-refractivity contribution < 1.29 is 4.42 Å². The van der Waals surface area contributed by atoms with Crippen LogP contribution in [-0.2, 0) is 0 Å².